The fourth-order valence-electron chi connectivity index (χ4n) is 3.33. The number of carbonyl (C=O) groups is 1. The molecule has 2 heteroatoms. The predicted octanol–water partition coefficient (Wildman–Crippen LogP) is 4.17. The first-order valence-corrected chi connectivity index (χ1v) is 7.80. The van der Waals surface area contributed by atoms with Gasteiger partial charge in [-0.1, -0.05) is 47.5 Å². The molecule has 21 heavy (non-hydrogen) atoms. The van der Waals surface area contributed by atoms with E-state index in [0.29, 0.717) is 0 Å². The van der Waals surface area contributed by atoms with Gasteiger partial charge >= 0.3 is 0 Å². The summed E-state index contributed by atoms with van der Waals surface area (Å²) < 4.78 is 0. The second-order valence-corrected chi connectivity index (χ2v) is 6.03. The number of rotatable bonds is 1. The van der Waals surface area contributed by atoms with Crippen LogP contribution in [0.4, 0.5) is 0 Å². The Morgan fingerprint density at radius 3 is 2.24 bits per heavy atom. The van der Waals surface area contributed by atoms with Gasteiger partial charge in [0.1, 0.15) is 0 Å². The van der Waals surface area contributed by atoms with Crippen LogP contribution in [-0.2, 0) is 0 Å². The zero-order valence-electron chi connectivity index (χ0n) is 12.1. The lowest BCUT2D eigenvalue weighted by atomic mass is 10.00. The molecular weight excluding hydrogens is 258 g/mol. The largest absolute Gasteiger partial charge is 0.338 e. The summed E-state index contributed by atoms with van der Waals surface area (Å²) in [6, 6.07) is 14.1. The first kappa shape index (κ1) is 12.6. The van der Waals surface area contributed by atoms with Crippen LogP contribution in [0, 0.1) is 0 Å². The molecule has 2 fully saturated rings. The van der Waals surface area contributed by atoms with Gasteiger partial charge in [0.2, 0.25) is 0 Å². The average Bonchev–Trinajstić information content (AvgIpc) is 3.39. The van der Waals surface area contributed by atoms with Crippen molar-refractivity contribution < 1.29 is 4.79 Å². The van der Waals surface area contributed by atoms with Gasteiger partial charge in [-0.15, -0.1) is 0 Å². The van der Waals surface area contributed by atoms with Crippen LogP contribution in [0.5, 0.6) is 0 Å². The summed E-state index contributed by atoms with van der Waals surface area (Å²) >= 11 is 0. The number of allylic oxidation sites excluding steroid dienone is 1. The monoisotopic (exact) mass is 277 g/mol. The Balaban J connectivity index is 1.60. The molecule has 4 rings (SSSR count). The van der Waals surface area contributed by atoms with Crippen molar-refractivity contribution in [3.05, 3.63) is 59.2 Å². The standard InChI is InChI=1S/C19H19NO/c21-19(20-12-10-15(11-13-20)14-8-9-14)18-7-3-5-16-4-1-2-6-17(16)18/h1-7H,8-13H2. The number of likely N-dealkylation sites (tertiary alicyclic amines) is 1. The van der Waals surface area contributed by atoms with Crippen LogP contribution in [0.1, 0.15) is 36.0 Å². The van der Waals surface area contributed by atoms with Crippen molar-refractivity contribution in [3.8, 4) is 0 Å². The van der Waals surface area contributed by atoms with E-state index in [9.17, 15) is 4.79 Å². The number of amides is 1. The molecule has 106 valence electrons. The van der Waals surface area contributed by atoms with Crippen molar-refractivity contribution in [2.75, 3.05) is 13.1 Å². The highest BCUT2D eigenvalue weighted by molar-refractivity contribution is 6.07. The topological polar surface area (TPSA) is 20.3 Å². The number of piperidine rings is 1. The Labute approximate surface area is 125 Å². The fourth-order valence-corrected chi connectivity index (χ4v) is 3.33. The summed E-state index contributed by atoms with van der Waals surface area (Å²) in [6.07, 6.45) is 4.75. The van der Waals surface area contributed by atoms with E-state index in [1.54, 1.807) is 11.1 Å². The van der Waals surface area contributed by atoms with Gasteiger partial charge in [-0.25, -0.2) is 0 Å². The highest BCUT2D eigenvalue weighted by Crippen LogP contribution is 2.36. The number of fused-ring (bicyclic) bond motifs is 1. The summed E-state index contributed by atoms with van der Waals surface area (Å²) in [5.74, 6) is 0.187. The maximum absolute atomic E-state index is 12.8. The smallest absolute Gasteiger partial charge is 0.254 e. The van der Waals surface area contributed by atoms with Gasteiger partial charge in [0, 0.05) is 18.7 Å². The lowest BCUT2D eigenvalue weighted by molar-refractivity contribution is 0.0745. The van der Waals surface area contributed by atoms with Gasteiger partial charge in [0.25, 0.3) is 5.91 Å². The molecule has 0 aromatic heterocycles. The van der Waals surface area contributed by atoms with Crippen molar-refractivity contribution in [1.82, 2.24) is 4.90 Å². The minimum absolute atomic E-state index is 0.187. The minimum atomic E-state index is 0.187. The van der Waals surface area contributed by atoms with E-state index in [-0.39, 0.29) is 5.91 Å². The molecule has 0 atom stereocenters. The zero-order valence-corrected chi connectivity index (χ0v) is 12.1. The first-order valence-electron chi connectivity index (χ1n) is 7.80. The summed E-state index contributed by atoms with van der Waals surface area (Å²) in [5, 5.41) is 2.21. The summed E-state index contributed by atoms with van der Waals surface area (Å²) in [4.78, 5) is 14.8. The van der Waals surface area contributed by atoms with Crippen LogP contribution in [0.25, 0.3) is 10.8 Å². The van der Waals surface area contributed by atoms with Gasteiger partial charge < -0.3 is 4.90 Å². The number of nitrogens with zero attached hydrogens (tertiary/aromatic N) is 1. The normalized spacial score (nSPS) is 18.2. The molecular formula is C19H19NO. The average molecular weight is 277 g/mol. The van der Waals surface area contributed by atoms with E-state index in [2.05, 4.69) is 12.1 Å². The van der Waals surface area contributed by atoms with E-state index in [1.807, 2.05) is 35.2 Å². The quantitative estimate of drug-likeness (QED) is 0.716. The van der Waals surface area contributed by atoms with Crippen LogP contribution in [-0.4, -0.2) is 23.9 Å². The van der Waals surface area contributed by atoms with E-state index < -0.39 is 0 Å². The number of hydrogen-bond acceptors (Lipinski definition) is 1. The van der Waals surface area contributed by atoms with Crippen LogP contribution in [0.3, 0.4) is 0 Å². The lowest BCUT2D eigenvalue weighted by Crippen LogP contribution is -2.36. The van der Waals surface area contributed by atoms with Crippen molar-refractivity contribution in [3.63, 3.8) is 0 Å². The molecule has 1 saturated carbocycles. The van der Waals surface area contributed by atoms with Gasteiger partial charge in [0.05, 0.1) is 0 Å². The van der Waals surface area contributed by atoms with Gasteiger partial charge in [-0.3, -0.25) is 4.79 Å². The minimum Gasteiger partial charge on any atom is -0.338 e. The maximum Gasteiger partial charge on any atom is 0.254 e. The van der Waals surface area contributed by atoms with E-state index in [1.165, 1.54) is 12.8 Å². The molecule has 1 amide bonds. The number of carbonyl (C=O) groups excluding carboxylic acids is 1. The number of hydrogen-bond donors (Lipinski definition) is 0. The summed E-state index contributed by atoms with van der Waals surface area (Å²) in [7, 11) is 0. The zero-order chi connectivity index (χ0) is 14.2. The van der Waals surface area contributed by atoms with Crippen LogP contribution in [0.15, 0.2) is 53.6 Å². The Kier molecular flexibility index (Phi) is 3.03. The Morgan fingerprint density at radius 2 is 1.48 bits per heavy atom. The van der Waals surface area contributed by atoms with Gasteiger partial charge in [-0.05, 0) is 42.5 Å². The molecule has 0 bridgehead atoms. The second kappa shape index (κ2) is 5.03. The molecule has 1 saturated heterocycles. The molecule has 1 aliphatic heterocycles. The highest BCUT2D eigenvalue weighted by Gasteiger charge is 2.25. The molecule has 1 heterocycles. The van der Waals surface area contributed by atoms with E-state index in [0.717, 1.165) is 42.3 Å². The molecule has 2 aromatic carbocycles. The van der Waals surface area contributed by atoms with Crippen molar-refractivity contribution in [1.29, 1.82) is 0 Å². The third kappa shape index (κ3) is 2.35. The molecule has 0 N–H and O–H groups in total. The van der Waals surface area contributed by atoms with E-state index in [4.69, 9.17) is 0 Å². The molecule has 2 nitrogen and oxygen atoms in total. The summed E-state index contributed by atoms with van der Waals surface area (Å²) in [6.45, 7) is 1.75. The Hall–Kier alpha value is -2.09. The third-order valence-electron chi connectivity index (χ3n) is 4.67. The maximum atomic E-state index is 12.8. The first-order chi connectivity index (χ1) is 10.3. The lowest BCUT2D eigenvalue weighted by Gasteiger charge is -2.29. The van der Waals surface area contributed by atoms with Crippen LogP contribution >= 0.6 is 0 Å². The van der Waals surface area contributed by atoms with Crippen molar-refractivity contribution in [2.45, 2.75) is 25.7 Å². The van der Waals surface area contributed by atoms with Crippen LogP contribution < -0.4 is 0 Å². The molecule has 0 spiro atoms. The molecule has 1 aliphatic carbocycles. The number of benzene rings is 2. The van der Waals surface area contributed by atoms with Gasteiger partial charge in [-0.2, -0.15) is 0 Å². The van der Waals surface area contributed by atoms with Crippen molar-refractivity contribution in [2.24, 2.45) is 0 Å². The van der Waals surface area contributed by atoms with Gasteiger partial charge in [0.15, 0.2) is 0 Å². The van der Waals surface area contributed by atoms with E-state index >= 15 is 0 Å². The predicted molar refractivity (Wildman–Crippen MR) is 85.3 cm³/mol. The molecule has 2 aliphatic rings. The molecule has 0 radical (unpaired) electrons. The molecule has 0 unspecified atom stereocenters. The third-order valence-corrected chi connectivity index (χ3v) is 4.67. The summed E-state index contributed by atoms with van der Waals surface area (Å²) in [5.41, 5.74) is 4.12. The highest BCUT2D eigenvalue weighted by atomic mass is 16.2. The Bertz CT molecular complexity index is 723. The van der Waals surface area contributed by atoms with Crippen molar-refractivity contribution >= 4 is 16.7 Å². The second-order valence-electron chi connectivity index (χ2n) is 6.03. The fraction of sp³-hybridized carbons (Fsp3) is 0.316. The van der Waals surface area contributed by atoms with Crippen LogP contribution in [0.2, 0.25) is 0 Å². The SMILES string of the molecule is O=C(c1cccc2ccccc12)N1CCC(=C2CC2)CC1. The Morgan fingerprint density at radius 1 is 0.810 bits per heavy atom. The molecule has 2 aromatic rings.